The van der Waals surface area contributed by atoms with Crippen LogP contribution in [0.4, 0.5) is 0 Å². The van der Waals surface area contributed by atoms with Crippen LogP contribution in [0, 0.1) is 6.92 Å². The van der Waals surface area contributed by atoms with Crippen molar-refractivity contribution < 1.29 is 4.79 Å². The Morgan fingerprint density at radius 1 is 1.33 bits per heavy atom. The summed E-state index contributed by atoms with van der Waals surface area (Å²) < 4.78 is 0. The predicted octanol–water partition coefficient (Wildman–Crippen LogP) is 3.45. The highest BCUT2D eigenvalue weighted by Crippen LogP contribution is 2.18. The van der Waals surface area contributed by atoms with E-state index in [0.717, 1.165) is 17.1 Å². The third-order valence-corrected chi connectivity index (χ3v) is 4.70. The summed E-state index contributed by atoms with van der Waals surface area (Å²) in [5.74, 6) is -0.0994. The van der Waals surface area contributed by atoms with Gasteiger partial charge in [0.1, 0.15) is 0 Å². The number of carbonyl (C=O) groups is 1. The Bertz CT molecular complexity index is 689. The molecule has 2 rings (SSSR count). The van der Waals surface area contributed by atoms with E-state index in [1.54, 1.807) is 23.5 Å². The smallest absolute Gasteiger partial charge is 0.244 e. The zero-order valence-electron chi connectivity index (χ0n) is 14.7. The van der Waals surface area contributed by atoms with Gasteiger partial charge in [-0.25, -0.2) is 4.98 Å². The van der Waals surface area contributed by atoms with E-state index < -0.39 is 0 Å². The zero-order valence-corrected chi connectivity index (χ0v) is 15.6. The molecule has 1 unspecified atom stereocenters. The Morgan fingerprint density at radius 2 is 2.04 bits per heavy atom. The number of amides is 1. The van der Waals surface area contributed by atoms with Crippen molar-refractivity contribution in [3.05, 3.63) is 57.6 Å². The molecule has 1 N–H and O–H groups in total. The van der Waals surface area contributed by atoms with Crippen LogP contribution >= 0.6 is 11.3 Å². The Morgan fingerprint density at radius 3 is 2.58 bits per heavy atom. The summed E-state index contributed by atoms with van der Waals surface area (Å²) >= 11 is 1.58. The Kier molecular flexibility index (Phi) is 6.70. The minimum absolute atomic E-state index is 0.0994. The number of benzene rings is 1. The fourth-order valence-electron chi connectivity index (χ4n) is 2.45. The van der Waals surface area contributed by atoms with Gasteiger partial charge >= 0.3 is 0 Å². The van der Waals surface area contributed by atoms with Gasteiger partial charge in [0.2, 0.25) is 5.91 Å². The van der Waals surface area contributed by atoms with Crippen LogP contribution in [0.25, 0.3) is 6.08 Å². The molecule has 5 heteroatoms. The molecule has 1 aromatic heterocycles. The molecule has 0 saturated heterocycles. The summed E-state index contributed by atoms with van der Waals surface area (Å²) in [6, 6.07) is 8.73. The molecular formula is C19H25N3OS. The number of nitrogens with zero attached hydrogens (tertiary/aromatic N) is 2. The molecule has 0 fully saturated rings. The maximum atomic E-state index is 12.0. The van der Waals surface area contributed by atoms with E-state index in [0.29, 0.717) is 6.54 Å². The second-order valence-corrected chi connectivity index (χ2v) is 7.01. The molecule has 0 aliphatic rings. The summed E-state index contributed by atoms with van der Waals surface area (Å²) in [4.78, 5) is 18.5. The van der Waals surface area contributed by atoms with Gasteiger partial charge in [-0.15, -0.1) is 11.3 Å². The van der Waals surface area contributed by atoms with Crippen LogP contribution in [0.5, 0.6) is 0 Å². The fraction of sp³-hybridized carbons (Fsp3) is 0.368. The molecule has 0 radical (unpaired) electrons. The molecule has 2 aromatic rings. The lowest BCUT2D eigenvalue weighted by Gasteiger charge is -2.25. The normalized spacial score (nSPS) is 12.7. The van der Waals surface area contributed by atoms with Gasteiger partial charge < -0.3 is 10.2 Å². The molecule has 1 aromatic carbocycles. The van der Waals surface area contributed by atoms with Crippen molar-refractivity contribution in [2.45, 2.75) is 26.3 Å². The molecule has 1 atom stereocenters. The van der Waals surface area contributed by atoms with Crippen LogP contribution in [0.2, 0.25) is 0 Å². The van der Waals surface area contributed by atoms with Gasteiger partial charge in [-0.05, 0) is 44.6 Å². The largest absolute Gasteiger partial charge is 0.351 e. The van der Waals surface area contributed by atoms with Gasteiger partial charge in [-0.2, -0.15) is 0 Å². The minimum atomic E-state index is -0.0994. The van der Waals surface area contributed by atoms with Gasteiger partial charge in [-0.1, -0.05) is 31.2 Å². The highest BCUT2D eigenvalue weighted by Gasteiger charge is 2.14. The average Bonchev–Trinajstić information content (AvgIpc) is 2.99. The number of nitrogens with one attached hydrogen (secondary N) is 1. The number of hydrogen-bond acceptors (Lipinski definition) is 4. The lowest BCUT2D eigenvalue weighted by Crippen LogP contribution is -2.33. The van der Waals surface area contributed by atoms with Crippen LogP contribution in [-0.4, -0.2) is 36.4 Å². The molecule has 1 amide bonds. The Balaban J connectivity index is 1.95. The average molecular weight is 343 g/mol. The van der Waals surface area contributed by atoms with Gasteiger partial charge in [0, 0.05) is 18.0 Å². The van der Waals surface area contributed by atoms with Crippen LogP contribution in [0.3, 0.4) is 0 Å². The van der Waals surface area contributed by atoms with Crippen LogP contribution in [0.1, 0.15) is 34.8 Å². The van der Waals surface area contributed by atoms with Crippen molar-refractivity contribution in [3.63, 3.8) is 0 Å². The Labute approximate surface area is 148 Å². The van der Waals surface area contributed by atoms with Crippen LogP contribution in [0.15, 0.2) is 35.7 Å². The maximum Gasteiger partial charge on any atom is 0.244 e. The topological polar surface area (TPSA) is 45.2 Å². The number of carbonyl (C=O) groups excluding carboxylic acids is 1. The summed E-state index contributed by atoms with van der Waals surface area (Å²) in [5, 5.41) is 5.92. The lowest BCUT2D eigenvalue weighted by atomic mass is 10.0. The van der Waals surface area contributed by atoms with E-state index in [2.05, 4.69) is 46.4 Å². The van der Waals surface area contributed by atoms with Gasteiger partial charge in [0.05, 0.1) is 16.7 Å². The highest BCUT2D eigenvalue weighted by molar-refractivity contribution is 7.09. The molecular weight excluding hydrogens is 318 g/mol. The molecule has 128 valence electrons. The van der Waals surface area contributed by atoms with Crippen molar-refractivity contribution in [2.75, 3.05) is 20.6 Å². The SMILES string of the molecule is CCc1ccc(C(CNC(=O)C=Cc2csc(C)n2)N(C)C)cc1. The van der Waals surface area contributed by atoms with Gasteiger partial charge in [0.25, 0.3) is 0 Å². The molecule has 0 aliphatic heterocycles. The molecule has 24 heavy (non-hydrogen) atoms. The minimum Gasteiger partial charge on any atom is -0.351 e. The van der Waals surface area contributed by atoms with E-state index in [9.17, 15) is 4.79 Å². The van der Waals surface area contributed by atoms with E-state index in [-0.39, 0.29) is 11.9 Å². The quantitative estimate of drug-likeness (QED) is 0.783. The number of rotatable bonds is 7. The fourth-order valence-corrected chi connectivity index (χ4v) is 3.03. The molecule has 0 aliphatic carbocycles. The number of aromatic nitrogens is 1. The van der Waals surface area contributed by atoms with E-state index in [1.165, 1.54) is 11.1 Å². The third-order valence-electron chi connectivity index (χ3n) is 3.91. The number of likely N-dealkylation sites (N-methyl/N-ethyl adjacent to an activating group) is 1. The highest BCUT2D eigenvalue weighted by atomic mass is 32.1. The standard InChI is InChI=1S/C19H25N3OS/c1-5-15-6-8-16(9-7-15)18(22(3)4)12-20-19(23)11-10-17-13-24-14(2)21-17/h6-11,13,18H,5,12H2,1-4H3,(H,20,23). The first kappa shape index (κ1) is 18.4. The second-order valence-electron chi connectivity index (χ2n) is 5.94. The van der Waals surface area contributed by atoms with Crippen molar-refractivity contribution in [2.24, 2.45) is 0 Å². The molecule has 0 bridgehead atoms. The molecule has 1 heterocycles. The third kappa shape index (κ3) is 5.28. The van der Waals surface area contributed by atoms with Crippen molar-refractivity contribution in [1.29, 1.82) is 0 Å². The first-order valence-corrected chi connectivity index (χ1v) is 9.01. The first-order chi connectivity index (χ1) is 11.5. The number of hydrogen-bond donors (Lipinski definition) is 1. The predicted molar refractivity (Wildman–Crippen MR) is 101 cm³/mol. The number of thiazole rings is 1. The summed E-state index contributed by atoms with van der Waals surface area (Å²) in [5.41, 5.74) is 3.35. The maximum absolute atomic E-state index is 12.0. The second kappa shape index (κ2) is 8.76. The van der Waals surface area contributed by atoms with E-state index in [4.69, 9.17) is 0 Å². The lowest BCUT2D eigenvalue weighted by molar-refractivity contribution is -0.116. The Hall–Kier alpha value is -1.98. The monoisotopic (exact) mass is 343 g/mol. The molecule has 0 spiro atoms. The van der Waals surface area contributed by atoms with Crippen LogP contribution in [-0.2, 0) is 11.2 Å². The summed E-state index contributed by atoms with van der Waals surface area (Å²) in [7, 11) is 4.05. The van der Waals surface area contributed by atoms with Gasteiger partial charge in [-0.3, -0.25) is 4.79 Å². The van der Waals surface area contributed by atoms with Crippen molar-refractivity contribution >= 4 is 23.3 Å². The first-order valence-electron chi connectivity index (χ1n) is 8.13. The van der Waals surface area contributed by atoms with Crippen molar-refractivity contribution in [1.82, 2.24) is 15.2 Å². The molecule has 0 saturated carbocycles. The zero-order chi connectivity index (χ0) is 17.5. The van der Waals surface area contributed by atoms with E-state index >= 15 is 0 Å². The summed E-state index contributed by atoms with van der Waals surface area (Å²) in [6.45, 7) is 4.67. The molecule has 4 nitrogen and oxygen atoms in total. The van der Waals surface area contributed by atoms with Gasteiger partial charge in [0.15, 0.2) is 0 Å². The number of aryl methyl sites for hydroxylation is 2. The van der Waals surface area contributed by atoms with Crippen LogP contribution < -0.4 is 5.32 Å². The summed E-state index contributed by atoms with van der Waals surface area (Å²) in [6.07, 6.45) is 4.32. The van der Waals surface area contributed by atoms with E-state index in [1.807, 2.05) is 26.4 Å². The van der Waals surface area contributed by atoms with Crippen molar-refractivity contribution in [3.8, 4) is 0 Å².